The maximum atomic E-state index is 9.02. The van der Waals surface area contributed by atoms with Crippen molar-refractivity contribution in [1.29, 1.82) is 5.26 Å². The topological polar surface area (TPSA) is 35.8 Å². The van der Waals surface area contributed by atoms with Crippen LogP contribution in [-0.2, 0) is 0 Å². The van der Waals surface area contributed by atoms with Gasteiger partial charge in [-0.15, -0.1) is 0 Å². The first-order valence-electron chi connectivity index (χ1n) is 5.22. The van der Waals surface area contributed by atoms with Crippen LogP contribution in [0.25, 0.3) is 0 Å². The van der Waals surface area contributed by atoms with E-state index in [0.29, 0.717) is 10.6 Å². The van der Waals surface area contributed by atoms with E-state index in [-0.39, 0.29) is 0 Å². The Morgan fingerprint density at radius 2 is 1.82 bits per heavy atom. The second-order valence-electron chi connectivity index (χ2n) is 3.79. The van der Waals surface area contributed by atoms with E-state index in [1.54, 1.807) is 0 Å². The highest BCUT2D eigenvalue weighted by molar-refractivity contribution is 6.30. The van der Waals surface area contributed by atoms with Crippen molar-refractivity contribution in [1.82, 2.24) is 0 Å². The fraction of sp³-hybridized carbons (Fsp3) is 0.0714. The molecule has 0 saturated heterocycles. The molecule has 0 fully saturated rings. The molecule has 0 aliphatic carbocycles. The fourth-order valence-corrected chi connectivity index (χ4v) is 1.67. The first-order valence-corrected chi connectivity index (χ1v) is 5.60. The van der Waals surface area contributed by atoms with Crippen molar-refractivity contribution in [3.8, 4) is 6.07 Å². The molecule has 17 heavy (non-hydrogen) atoms. The van der Waals surface area contributed by atoms with Crippen LogP contribution in [0.2, 0.25) is 5.02 Å². The number of halogens is 1. The summed E-state index contributed by atoms with van der Waals surface area (Å²) in [5, 5.41) is 12.9. The summed E-state index contributed by atoms with van der Waals surface area (Å²) in [6, 6.07) is 15.2. The van der Waals surface area contributed by atoms with Gasteiger partial charge in [0.2, 0.25) is 0 Å². The zero-order chi connectivity index (χ0) is 12.3. The summed E-state index contributed by atoms with van der Waals surface area (Å²) in [6.07, 6.45) is 0. The van der Waals surface area contributed by atoms with Gasteiger partial charge in [-0.2, -0.15) is 5.26 Å². The Morgan fingerprint density at radius 3 is 2.47 bits per heavy atom. The van der Waals surface area contributed by atoms with Crippen molar-refractivity contribution >= 4 is 23.0 Å². The largest absolute Gasteiger partial charge is 0.354 e. The molecular weight excluding hydrogens is 232 g/mol. The molecular formula is C14H11ClN2. The smallest absolute Gasteiger partial charge is 0.101 e. The molecule has 2 nitrogen and oxygen atoms in total. The Kier molecular flexibility index (Phi) is 3.32. The Bertz CT molecular complexity index is 568. The maximum Gasteiger partial charge on any atom is 0.101 e. The highest BCUT2D eigenvalue weighted by atomic mass is 35.5. The zero-order valence-corrected chi connectivity index (χ0v) is 10.1. The van der Waals surface area contributed by atoms with Crippen LogP contribution >= 0.6 is 11.6 Å². The van der Waals surface area contributed by atoms with Crippen molar-refractivity contribution < 1.29 is 0 Å². The van der Waals surface area contributed by atoms with E-state index in [0.717, 1.165) is 16.9 Å². The first-order chi connectivity index (χ1) is 8.19. The first kappa shape index (κ1) is 11.5. The standard InChI is InChI=1S/C14H11ClN2/c1-10-2-3-11(9-16)14(8-10)17-13-6-4-12(15)5-7-13/h2-8,17H,1H3. The molecule has 0 aromatic heterocycles. The summed E-state index contributed by atoms with van der Waals surface area (Å²) in [6.45, 7) is 1.99. The van der Waals surface area contributed by atoms with E-state index in [2.05, 4.69) is 11.4 Å². The van der Waals surface area contributed by atoms with Gasteiger partial charge in [-0.25, -0.2) is 0 Å². The summed E-state index contributed by atoms with van der Waals surface area (Å²) < 4.78 is 0. The molecule has 0 heterocycles. The third-order valence-electron chi connectivity index (χ3n) is 2.42. The fourth-order valence-electron chi connectivity index (χ4n) is 1.55. The van der Waals surface area contributed by atoms with Gasteiger partial charge in [0.25, 0.3) is 0 Å². The molecule has 0 radical (unpaired) electrons. The van der Waals surface area contributed by atoms with Gasteiger partial charge in [-0.05, 0) is 48.9 Å². The van der Waals surface area contributed by atoms with E-state index in [9.17, 15) is 0 Å². The number of nitriles is 1. The van der Waals surface area contributed by atoms with E-state index in [1.807, 2.05) is 49.4 Å². The minimum atomic E-state index is 0.630. The number of rotatable bonds is 2. The molecule has 2 aromatic rings. The van der Waals surface area contributed by atoms with Gasteiger partial charge in [0.1, 0.15) is 6.07 Å². The molecule has 0 spiro atoms. The third kappa shape index (κ3) is 2.77. The lowest BCUT2D eigenvalue weighted by molar-refractivity contribution is 1.41. The van der Waals surface area contributed by atoms with Gasteiger partial charge in [-0.1, -0.05) is 17.7 Å². The maximum absolute atomic E-state index is 9.02. The lowest BCUT2D eigenvalue weighted by Gasteiger charge is -2.09. The zero-order valence-electron chi connectivity index (χ0n) is 9.37. The van der Waals surface area contributed by atoms with E-state index in [1.165, 1.54) is 0 Å². The average Bonchev–Trinajstić information content (AvgIpc) is 2.32. The number of aryl methyl sites for hydroxylation is 1. The van der Waals surface area contributed by atoms with Crippen LogP contribution in [0.5, 0.6) is 0 Å². The predicted molar refractivity (Wildman–Crippen MR) is 70.6 cm³/mol. The molecule has 0 unspecified atom stereocenters. The Hall–Kier alpha value is -1.98. The van der Waals surface area contributed by atoms with Crippen LogP contribution in [0.4, 0.5) is 11.4 Å². The normalized spacial score (nSPS) is 9.71. The highest BCUT2D eigenvalue weighted by Gasteiger charge is 2.02. The Balaban J connectivity index is 2.32. The summed E-state index contributed by atoms with van der Waals surface area (Å²) in [4.78, 5) is 0. The molecule has 0 amide bonds. The van der Waals surface area contributed by atoms with Crippen molar-refractivity contribution in [3.05, 3.63) is 58.6 Å². The van der Waals surface area contributed by atoms with Crippen molar-refractivity contribution in [3.63, 3.8) is 0 Å². The third-order valence-corrected chi connectivity index (χ3v) is 2.67. The predicted octanol–water partition coefficient (Wildman–Crippen LogP) is 4.26. The number of nitrogens with zero attached hydrogens (tertiary/aromatic N) is 1. The second kappa shape index (κ2) is 4.90. The number of hydrogen-bond donors (Lipinski definition) is 1. The second-order valence-corrected chi connectivity index (χ2v) is 4.23. The summed E-state index contributed by atoms with van der Waals surface area (Å²) in [5.74, 6) is 0. The summed E-state index contributed by atoms with van der Waals surface area (Å²) in [7, 11) is 0. The molecule has 84 valence electrons. The number of hydrogen-bond acceptors (Lipinski definition) is 2. The van der Waals surface area contributed by atoms with Gasteiger partial charge in [0, 0.05) is 10.7 Å². The molecule has 0 atom stereocenters. The molecule has 2 rings (SSSR count). The molecule has 1 N–H and O–H groups in total. The van der Waals surface area contributed by atoms with Gasteiger partial charge in [-0.3, -0.25) is 0 Å². The molecule has 0 saturated carbocycles. The summed E-state index contributed by atoms with van der Waals surface area (Å²) >= 11 is 5.82. The molecule has 0 bridgehead atoms. The van der Waals surface area contributed by atoms with E-state index in [4.69, 9.17) is 16.9 Å². The SMILES string of the molecule is Cc1ccc(C#N)c(Nc2ccc(Cl)cc2)c1. The quantitative estimate of drug-likeness (QED) is 0.854. The lowest BCUT2D eigenvalue weighted by Crippen LogP contribution is -1.94. The number of nitrogens with one attached hydrogen (secondary N) is 1. The van der Waals surface area contributed by atoms with Crippen molar-refractivity contribution in [2.24, 2.45) is 0 Å². The number of anilines is 2. The van der Waals surface area contributed by atoms with E-state index < -0.39 is 0 Å². The van der Waals surface area contributed by atoms with E-state index >= 15 is 0 Å². The van der Waals surface area contributed by atoms with Crippen molar-refractivity contribution in [2.45, 2.75) is 6.92 Å². The van der Waals surface area contributed by atoms with Gasteiger partial charge in [0.15, 0.2) is 0 Å². The molecule has 2 aromatic carbocycles. The Labute approximate surface area is 105 Å². The van der Waals surface area contributed by atoms with Crippen LogP contribution in [0.3, 0.4) is 0 Å². The summed E-state index contributed by atoms with van der Waals surface area (Å²) in [5.41, 5.74) is 3.47. The minimum absolute atomic E-state index is 0.630. The van der Waals surface area contributed by atoms with Gasteiger partial charge >= 0.3 is 0 Å². The van der Waals surface area contributed by atoms with Crippen LogP contribution in [0.15, 0.2) is 42.5 Å². The lowest BCUT2D eigenvalue weighted by atomic mass is 10.1. The average molecular weight is 243 g/mol. The van der Waals surface area contributed by atoms with Crippen molar-refractivity contribution in [2.75, 3.05) is 5.32 Å². The minimum Gasteiger partial charge on any atom is -0.354 e. The molecule has 0 aliphatic rings. The van der Waals surface area contributed by atoms with Gasteiger partial charge in [0.05, 0.1) is 11.3 Å². The molecule has 3 heteroatoms. The van der Waals surface area contributed by atoms with Crippen LogP contribution < -0.4 is 5.32 Å². The van der Waals surface area contributed by atoms with Crippen LogP contribution in [0, 0.1) is 18.3 Å². The monoisotopic (exact) mass is 242 g/mol. The number of benzene rings is 2. The van der Waals surface area contributed by atoms with Crippen LogP contribution in [-0.4, -0.2) is 0 Å². The molecule has 0 aliphatic heterocycles. The highest BCUT2D eigenvalue weighted by Crippen LogP contribution is 2.22. The Morgan fingerprint density at radius 1 is 1.12 bits per heavy atom. The van der Waals surface area contributed by atoms with Crippen LogP contribution in [0.1, 0.15) is 11.1 Å². The van der Waals surface area contributed by atoms with Gasteiger partial charge < -0.3 is 5.32 Å².